The monoisotopic (exact) mass is 1090 g/mol. The molecule has 26 heteroatoms. The van der Waals surface area contributed by atoms with Crippen LogP contribution in [0.15, 0.2) is 97.1 Å². The summed E-state index contributed by atoms with van der Waals surface area (Å²) in [6, 6.07) is 28.7. The second kappa shape index (κ2) is 48.2. The Morgan fingerprint density at radius 3 is 1.15 bits per heavy atom. The molecule has 0 aliphatic rings. The molecule has 0 unspecified atom stereocenters. The Morgan fingerprint density at radius 1 is 0.603 bits per heavy atom. The number of nitrogens with one attached hydrogen (secondary N) is 6. The first-order valence-electron chi connectivity index (χ1n) is 21.6. The molecule has 18 N–H and O–H groups in total. The van der Waals surface area contributed by atoms with E-state index in [1.807, 2.05) is 88.4 Å². The van der Waals surface area contributed by atoms with Gasteiger partial charge in [-0.2, -0.15) is 5.26 Å². The maximum absolute atomic E-state index is 10.7. The predicted molar refractivity (Wildman–Crippen MR) is 293 cm³/mol. The van der Waals surface area contributed by atoms with Crippen LogP contribution in [0.5, 0.6) is 0 Å². The van der Waals surface area contributed by atoms with Crippen molar-refractivity contribution in [2.75, 3.05) is 54.4 Å². The number of hydrogen-bond donors (Lipinski definition) is 13. The Labute approximate surface area is 433 Å². The van der Waals surface area contributed by atoms with Crippen molar-refractivity contribution in [3.05, 3.63) is 107 Å². The number of halogens is 1. The molecular formula is C47H72BrN15O10. The van der Waals surface area contributed by atoms with Gasteiger partial charge in [0.2, 0.25) is 29.6 Å². The number of nitro benzene ring substituents is 1. The number of carbonyl (C=O) groups is 6. The minimum absolute atomic E-state index is 0.0394. The highest BCUT2D eigenvalue weighted by Gasteiger charge is 2.07. The zero-order valence-electron chi connectivity index (χ0n) is 42.8. The number of para-hydroxylation sites is 8. The number of carboxylic acid groups (broad SMARTS) is 2. The number of imidazole rings is 2. The van der Waals surface area contributed by atoms with E-state index in [9.17, 15) is 29.3 Å². The van der Waals surface area contributed by atoms with Crippen LogP contribution >= 0.6 is 15.9 Å². The number of aromatic nitrogens is 4. The van der Waals surface area contributed by atoms with E-state index in [0.717, 1.165) is 62.1 Å². The van der Waals surface area contributed by atoms with E-state index in [-0.39, 0.29) is 35.0 Å². The number of carbonyl (C=O) groups excluding carboxylic acids is 4. The van der Waals surface area contributed by atoms with Crippen LogP contribution in [0.3, 0.4) is 0 Å². The molecule has 0 bridgehead atoms. The largest absolute Gasteiger partial charge is 0.481 e. The average molecular weight is 1090 g/mol. The molecule has 6 aromatic rings. The van der Waals surface area contributed by atoms with Crippen molar-refractivity contribution in [3.63, 3.8) is 0 Å². The maximum Gasteiger partial charge on any atom is 0.300 e. The summed E-state index contributed by atoms with van der Waals surface area (Å²) < 4.78 is 0. The van der Waals surface area contributed by atoms with Crippen molar-refractivity contribution in [2.24, 2.45) is 5.73 Å². The number of aliphatic carboxylic acids is 2. The van der Waals surface area contributed by atoms with E-state index >= 15 is 0 Å². The summed E-state index contributed by atoms with van der Waals surface area (Å²) in [7, 11) is 0. The van der Waals surface area contributed by atoms with Gasteiger partial charge in [0.1, 0.15) is 10.7 Å². The molecular weight excluding hydrogens is 1010 g/mol. The first-order chi connectivity index (χ1) is 34.2. The van der Waals surface area contributed by atoms with Crippen molar-refractivity contribution < 1.29 is 43.9 Å². The number of H-pyrrole nitrogens is 2. The highest BCUT2D eigenvalue weighted by atomic mass is 79.9. The zero-order valence-corrected chi connectivity index (χ0v) is 44.4. The summed E-state index contributed by atoms with van der Waals surface area (Å²) in [6.45, 7) is 18.6. The fourth-order valence-electron chi connectivity index (χ4n) is 4.06. The molecule has 0 atom stereocenters. The predicted octanol–water partition coefficient (Wildman–Crippen LogP) is 6.13. The normalized spacial score (nSPS) is 8.42. The second-order valence-electron chi connectivity index (χ2n) is 13.2. The molecule has 0 fully saturated rings. The molecule has 73 heavy (non-hydrogen) atoms. The average Bonchev–Trinajstić information content (AvgIpc) is 3.88. The summed E-state index contributed by atoms with van der Waals surface area (Å²) in [4.78, 5) is 83.8. The Hall–Kier alpha value is -8.83. The number of carboxylic acids is 2. The number of nitrogens with zero attached hydrogens (tertiary/aromatic N) is 4. The summed E-state index contributed by atoms with van der Waals surface area (Å²) in [5.41, 5.74) is 31.5. The van der Waals surface area contributed by atoms with Gasteiger partial charge in [0.05, 0.1) is 38.4 Å². The zero-order chi connectivity index (χ0) is 57.3. The van der Waals surface area contributed by atoms with Gasteiger partial charge in [-0.05, 0) is 69.8 Å². The lowest BCUT2D eigenvalue weighted by atomic mass is 10.3. The topological polar surface area (TPSA) is 445 Å². The summed E-state index contributed by atoms with van der Waals surface area (Å²) in [5.74, 6) is -0.707. The van der Waals surface area contributed by atoms with Gasteiger partial charge in [0.15, 0.2) is 5.95 Å². The lowest BCUT2D eigenvalue weighted by Crippen LogP contribution is -2.18. The number of nitrogen functional groups attached to an aromatic ring is 4. The Balaban J connectivity index is -0.000000240. The lowest BCUT2D eigenvalue weighted by molar-refractivity contribution is -0.383. The number of anilines is 5. The number of hydrogen-bond acceptors (Lipinski definition) is 16. The SMILES string of the molecule is CC(=O)Nc1nc2ccccc2[nH]1.CC(=O)O.CC(=O)O.CCN.CCNC(C)=O.CCNC(C)=O.CCNC(C)=O.N#CBr.Nc1ccccc1N.Nc1ccccc1[N+](=O)[O-].Nc1nc2ccccc2[nH]1. The molecule has 0 radical (unpaired) electrons. The van der Waals surface area contributed by atoms with Crippen LogP contribution in [0.2, 0.25) is 0 Å². The van der Waals surface area contributed by atoms with E-state index < -0.39 is 16.9 Å². The van der Waals surface area contributed by atoms with Crippen LogP contribution in [0.1, 0.15) is 69.2 Å². The second-order valence-corrected chi connectivity index (χ2v) is 13.5. The first kappa shape index (κ1) is 73.1. The van der Waals surface area contributed by atoms with Gasteiger partial charge < -0.3 is 64.8 Å². The number of fused-ring (bicyclic) bond motifs is 2. The molecule has 0 saturated heterocycles. The number of benzene rings is 4. The summed E-state index contributed by atoms with van der Waals surface area (Å²) in [6.07, 6.45) is 0. The van der Waals surface area contributed by atoms with Crippen molar-refractivity contribution in [1.82, 2.24) is 35.9 Å². The number of rotatable bonds is 5. The van der Waals surface area contributed by atoms with E-state index in [1.54, 1.807) is 29.2 Å². The van der Waals surface area contributed by atoms with Gasteiger partial charge >= 0.3 is 0 Å². The van der Waals surface area contributed by atoms with Gasteiger partial charge in [0.25, 0.3) is 17.6 Å². The third-order valence-electron chi connectivity index (χ3n) is 6.50. The standard InChI is InChI=1S/C9H9N3O.C7H7N3.C6H6N2O2.C6H8N2.3C4H9NO.C2H7N.2C2H4O2.CBrN/c1-6(13)10-9-11-7-4-2-3-5-8(7)12-9;8-7-9-5-3-1-2-4-6(5)10-7;7-5-3-1-2-4-6(5)8(9)10;7-5-3-1-2-4-6(5)8;3*1-3-5-4(2)6;1-2-3;2*1-2(3)4;2-1-3/h2-5H,1H3,(H2,10,11,12,13);1-4H,(H3,8,9,10);1-4H,7H2;1-4H,7-8H2;3*3H2,1-2H3,(H,5,6);2-3H2,1H3;2*1H3,(H,3,4);. The quantitative estimate of drug-likeness (QED) is 0.0524. The number of amides is 4. The molecule has 2 aromatic heterocycles. The molecule has 6 rings (SSSR count). The van der Waals surface area contributed by atoms with Crippen LogP contribution in [-0.4, -0.2) is 96.8 Å². The fraction of sp³-hybridized carbons (Fsp3) is 0.298. The smallest absolute Gasteiger partial charge is 0.300 e. The van der Waals surface area contributed by atoms with Crippen LogP contribution < -0.4 is 49.9 Å². The first-order valence-corrected chi connectivity index (χ1v) is 22.4. The Kier molecular flexibility index (Phi) is 48.3. The van der Waals surface area contributed by atoms with Gasteiger partial charge in [0, 0.05) is 83.2 Å². The van der Waals surface area contributed by atoms with E-state index in [4.69, 9.17) is 53.7 Å². The van der Waals surface area contributed by atoms with Gasteiger partial charge in [-0.1, -0.05) is 55.5 Å². The van der Waals surface area contributed by atoms with Gasteiger partial charge in [-0.25, -0.2) is 9.97 Å². The molecule has 4 amide bonds. The minimum Gasteiger partial charge on any atom is -0.481 e. The van der Waals surface area contributed by atoms with Crippen LogP contribution in [-0.2, 0) is 28.8 Å². The highest BCUT2D eigenvalue weighted by molar-refractivity contribution is 9.12. The molecule has 0 spiro atoms. The van der Waals surface area contributed by atoms with Crippen molar-refractivity contribution in [2.45, 2.75) is 69.2 Å². The van der Waals surface area contributed by atoms with Crippen LogP contribution in [0, 0.1) is 20.4 Å². The molecule has 402 valence electrons. The van der Waals surface area contributed by atoms with Crippen molar-refractivity contribution in [1.29, 1.82) is 5.26 Å². The minimum atomic E-state index is -0.833. The van der Waals surface area contributed by atoms with Gasteiger partial charge in [-0.15, -0.1) is 0 Å². The van der Waals surface area contributed by atoms with Gasteiger partial charge in [-0.3, -0.25) is 44.2 Å². The van der Waals surface area contributed by atoms with E-state index in [0.29, 0.717) is 23.3 Å². The third kappa shape index (κ3) is 50.9. The van der Waals surface area contributed by atoms with Crippen LogP contribution in [0.4, 0.5) is 34.6 Å². The molecule has 25 nitrogen and oxygen atoms in total. The lowest BCUT2D eigenvalue weighted by Gasteiger charge is -1.94. The summed E-state index contributed by atoms with van der Waals surface area (Å²) >= 11 is 2.45. The third-order valence-corrected chi connectivity index (χ3v) is 6.50. The number of nitrogens with two attached hydrogens (primary N) is 5. The van der Waals surface area contributed by atoms with Crippen LogP contribution in [0.25, 0.3) is 22.1 Å². The molecule has 0 aliphatic carbocycles. The van der Waals surface area contributed by atoms with E-state index in [1.165, 1.54) is 39.8 Å². The maximum atomic E-state index is 10.7. The van der Waals surface area contributed by atoms with Crippen molar-refractivity contribution in [3.8, 4) is 4.98 Å². The summed E-state index contributed by atoms with van der Waals surface area (Å²) in [5, 5.41) is 42.5. The molecule has 0 aliphatic heterocycles. The fourth-order valence-corrected chi connectivity index (χ4v) is 4.06. The Morgan fingerprint density at radius 2 is 0.904 bits per heavy atom. The molecule has 0 saturated carbocycles. The highest BCUT2D eigenvalue weighted by Crippen LogP contribution is 2.18. The molecule has 2 heterocycles. The molecule has 4 aromatic carbocycles. The Bertz CT molecular complexity index is 2370. The van der Waals surface area contributed by atoms with Crippen molar-refractivity contribution >= 4 is 108 Å². The number of nitriles is 1. The number of aromatic amines is 2. The number of nitro groups is 1. The van der Waals surface area contributed by atoms with E-state index in [2.05, 4.69) is 57.1 Å².